The number of hydrogen-bond donors (Lipinski definition) is 0. The molecule has 0 spiro atoms. The molecule has 96 valence electrons. The molecule has 6 heteroatoms. The second-order valence-corrected chi connectivity index (χ2v) is 4.64. The van der Waals surface area contributed by atoms with Gasteiger partial charge in [0.15, 0.2) is 0 Å². The zero-order chi connectivity index (χ0) is 13.1. The van der Waals surface area contributed by atoms with Crippen molar-refractivity contribution in [3.8, 4) is 0 Å². The molecule has 0 bridgehead atoms. The van der Waals surface area contributed by atoms with E-state index in [0.29, 0.717) is 6.61 Å². The maximum Gasteiger partial charge on any atom is 0.325 e. The molecule has 2 heterocycles. The lowest BCUT2D eigenvalue weighted by atomic mass is 10.2. The topological polar surface area (TPSA) is 57.0 Å². The smallest absolute Gasteiger partial charge is 0.325 e. The molecule has 0 aliphatic heterocycles. The Morgan fingerprint density at radius 1 is 1.44 bits per heavy atom. The van der Waals surface area contributed by atoms with Crippen molar-refractivity contribution < 1.29 is 9.53 Å². The zero-order valence-corrected chi connectivity index (χ0v) is 11.9. The molecule has 0 aliphatic rings. The number of hydrogen-bond acceptors (Lipinski definition) is 4. The van der Waals surface area contributed by atoms with Crippen molar-refractivity contribution in [2.24, 2.45) is 0 Å². The van der Waals surface area contributed by atoms with Gasteiger partial charge in [-0.1, -0.05) is 6.92 Å². The highest BCUT2D eigenvalue weighted by Crippen LogP contribution is 2.27. The van der Waals surface area contributed by atoms with E-state index in [0.717, 1.165) is 27.6 Å². The van der Waals surface area contributed by atoms with Gasteiger partial charge in [0.25, 0.3) is 0 Å². The third kappa shape index (κ3) is 2.38. The fourth-order valence-electron chi connectivity index (χ4n) is 1.87. The normalized spacial score (nSPS) is 10.8. The molecular weight excluding hydrogens is 298 g/mol. The van der Waals surface area contributed by atoms with E-state index in [1.54, 1.807) is 11.5 Å². The van der Waals surface area contributed by atoms with E-state index in [4.69, 9.17) is 4.74 Å². The number of ether oxygens (including phenoxy) is 1. The third-order valence-electron chi connectivity index (χ3n) is 2.63. The molecule has 2 aromatic heterocycles. The second-order valence-electron chi connectivity index (χ2n) is 3.78. The molecule has 0 saturated carbocycles. The highest BCUT2D eigenvalue weighted by molar-refractivity contribution is 9.10. The highest BCUT2D eigenvalue weighted by Gasteiger charge is 2.14. The van der Waals surface area contributed by atoms with Crippen molar-refractivity contribution in [1.82, 2.24) is 14.5 Å². The number of fused-ring (bicyclic) bond motifs is 1. The summed E-state index contributed by atoms with van der Waals surface area (Å²) in [6, 6.07) is 0. The van der Waals surface area contributed by atoms with Crippen LogP contribution in [0.15, 0.2) is 17.0 Å². The van der Waals surface area contributed by atoms with Crippen molar-refractivity contribution in [2.75, 3.05) is 6.61 Å². The number of aromatic nitrogens is 3. The maximum absolute atomic E-state index is 11.5. The van der Waals surface area contributed by atoms with E-state index in [1.165, 1.54) is 6.33 Å². The Morgan fingerprint density at radius 2 is 2.22 bits per heavy atom. The molecule has 0 aliphatic carbocycles. The second kappa shape index (κ2) is 5.48. The summed E-state index contributed by atoms with van der Waals surface area (Å²) >= 11 is 3.49. The molecule has 5 nitrogen and oxygen atoms in total. The van der Waals surface area contributed by atoms with Crippen LogP contribution in [-0.4, -0.2) is 27.1 Å². The summed E-state index contributed by atoms with van der Waals surface area (Å²) in [6.07, 6.45) is 4.19. The fraction of sp³-hybridized carbons (Fsp3) is 0.417. The van der Waals surface area contributed by atoms with Crippen molar-refractivity contribution in [1.29, 1.82) is 0 Å². The lowest BCUT2D eigenvalue weighted by Crippen LogP contribution is -2.13. The molecule has 0 unspecified atom stereocenters. The predicted molar refractivity (Wildman–Crippen MR) is 71.2 cm³/mol. The number of nitrogens with zero attached hydrogens (tertiary/aromatic N) is 3. The van der Waals surface area contributed by atoms with Crippen molar-refractivity contribution in [2.45, 2.75) is 26.8 Å². The van der Waals surface area contributed by atoms with Crippen LogP contribution in [0.4, 0.5) is 0 Å². The van der Waals surface area contributed by atoms with Gasteiger partial charge in [0.1, 0.15) is 18.5 Å². The lowest BCUT2D eigenvalue weighted by Gasteiger charge is -2.04. The van der Waals surface area contributed by atoms with Gasteiger partial charge in [-0.25, -0.2) is 9.97 Å². The van der Waals surface area contributed by atoms with Crippen LogP contribution in [0.2, 0.25) is 0 Å². The molecule has 2 rings (SSSR count). The van der Waals surface area contributed by atoms with E-state index in [2.05, 4.69) is 25.9 Å². The van der Waals surface area contributed by atoms with E-state index < -0.39 is 0 Å². The Hall–Kier alpha value is -1.43. The summed E-state index contributed by atoms with van der Waals surface area (Å²) < 4.78 is 7.62. The standard InChI is InChI=1S/C12H14BrN3O2/c1-3-9-11-8(13)5-16(6-10(17)18-4-2)12(11)15-7-14-9/h5,7H,3-4,6H2,1-2H3. The molecule has 0 fully saturated rings. The molecule has 0 saturated heterocycles. The Labute approximate surface area is 113 Å². The SMILES string of the molecule is CCOC(=O)Cn1cc(Br)c2c(CC)ncnc21. The summed E-state index contributed by atoms with van der Waals surface area (Å²) in [4.78, 5) is 20.0. The first-order chi connectivity index (χ1) is 8.67. The van der Waals surface area contributed by atoms with Crippen LogP contribution in [0.1, 0.15) is 19.5 Å². The van der Waals surface area contributed by atoms with Crippen molar-refractivity contribution in [3.63, 3.8) is 0 Å². The van der Waals surface area contributed by atoms with Gasteiger partial charge in [-0.15, -0.1) is 0 Å². The first-order valence-corrected chi connectivity index (χ1v) is 6.60. The zero-order valence-electron chi connectivity index (χ0n) is 10.3. The van der Waals surface area contributed by atoms with Crippen LogP contribution in [0.3, 0.4) is 0 Å². The number of halogens is 1. The summed E-state index contributed by atoms with van der Waals surface area (Å²) in [5.74, 6) is -0.265. The summed E-state index contributed by atoms with van der Waals surface area (Å²) in [6.45, 7) is 4.38. The maximum atomic E-state index is 11.5. The van der Waals surface area contributed by atoms with Gasteiger partial charge in [-0.2, -0.15) is 0 Å². The van der Waals surface area contributed by atoms with Crippen LogP contribution in [0.25, 0.3) is 11.0 Å². The largest absolute Gasteiger partial charge is 0.465 e. The summed E-state index contributed by atoms with van der Waals surface area (Å²) in [7, 11) is 0. The molecule has 2 aromatic rings. The average molecular weight is 312 g/mol. The Kier molecular flexibility index (Phi) is 3.96. The monoisotopic (exact) mass is 311 g/mol. The van der Waals surface area contributed by atoms with Gasteiger partial charge >= 0.3 is 5.97 Å². The van der Waals surface area contributed by atoms with Gasteiger partial charge in [-0.3, -0.25) is 4.79 Å². The summed E-state index contributed by atoms with van der Waals surface area (Å²) in [5, 5.41) is 0.962. The molecule has 18 heavy (non-hydrogen) atoms. The number of aryl methyl sites for hydroxylation is 1. The van der Waals surface area contributed by atoms with E-state index in [9.17, 15) is 4.79 Å². The van der Waals surface area contributed by atoms with Gasteiger partial charge < -0.3 is 9.30 Å². The first kappa shape index (κ1) is 13.0. The minimum Gasteiger partial charge on any atom is -0.465 e. The molecule has 0 radical (unpaired) electrons. The van der Waals surface area contributed by atoms with Crippen LogP contribution >= 0.6 is 15.9 Å². The van der Waals surface area contributed by atoms with Crippen LogP contribution < -0.4 is 0 Å². The van der Waals surface area contributed by atoms with E-state index >= 15 is 0 Å². The third-order valence-corrected chi connectivity index (χ3v) is 3.23. The number of esters is 1. The Bertz CT molecular complexity index is 580. The first-order valence-electron chi connectivity index (χ1n) is 5.81. The van der Waals surface area contributed by atoms with Crippen molar-refractivity contribution in [3.05, 3.63) is 22.7 Å². The van der Waals surface area contributed by atoms with Gasteiger partial charge in [0, 0.05) is 10.7 Å². The minimum atomic E-state index is -0.265. The molecule has 0 N–H and O–H groups in total. The lowest BCUT2D eigenvalue weighted by molar-refractivity contribution is -0.143. The number of carbonyl (C=O) groups is 1. The van der Waals surface area contributed by atoms with Crippen molar-refractivity contribution >= 4 is 32.9 Å². The van der Waals surface area contributed by atoms with Gasteiger partial charge in [0.2, 0.25) is 0 Å². The highest BCUT2D eigenvalue weighted by atomic mass is 79.9. The number of rotatable bonds is 4. The molecule has 0 atom stereocenters. The van der Waals surface area contributed by atoms with E-state index in [1.807, 2.05) is 13.1 Å². The van der Waals surface area contributed by atoms with Crippen LogP contribution in [-0.2, 0) is 22.5 Å². The molecular formula is C12H14BrN3O2. The Balaban J connectivity index is 2.44. The van der Waals surface area contributed by atoms with E-state index in [-0.39, 0.29) is 12.5 Å². The Morgan fingerprint density at radius 3 is 2.89 bits per heavy atom. The molecule has 0 amide bonds. The molecule has 0 aromatic carbocycles. The predicted octanol–water partition coefficient (Wildman–Crippen LogP) is 2.32. The van der Waals surface area contributed by atoms with Gasteiger partial charge in [0.05, 0.1) is 17.7 Å². The fourth-order valence-corrected chi connectivity index (χ4v) is 2.52. The van der Waals surface area contributed by atoms with Crippen LogP contribution in [0, 0.1) is 0 Å². The van der Waals surface area contributed by atoms with Gasteiger partial charge in [-0.05, 0) is 29.3 Å². The average Bonchev–Trinajstić information content (AvgIpc) is 2.67. The minimum absolute atomic E-state index is 0.163. The summed E-state index contributed by atoms with van der Waals surface area (Å²) in [5.41, 5.74) is 1.72. The quantitative estimate of drug-likeness (QED) is 0.813. The van der Waals surface area contributed by atoms with Crippen LogP contribution in [0.5, 0.6) is 0 Å². The number of carbonyl (C=O) groups excluding carboxylic acids is 1.